The maximum Gasteiger partial charge on any atom is 0.230 e. The lowest BCUT2D eigenvalue weighted by molar-refractivity contribution is -0.118. The van der Waals surface area contributed by atoms with Gasteiger partial charge in [-0.3, -0.25) is 4.79 Å². The Bertz CT molecular complexity index is 631. The predicted molar refractivity (Wildman–Crippen MR) is 81.4 cm³/mol. The molecule has 0 spiro atoms. The number of benzene rings is 1. The summed E-state index contributed by atoms with van der Waals surface area (Å²) >= 11 is 1.25. The van der Waals surface area contributed by atoms with Crippen molar-refractivity contribution in [2.45, 2.75) is 5.16 Å². The Hall–Kier alpha value is -2.21. The van der Waals surface area contributed by atoms with E-state index in [1.807, 2.05) is 0 Å². The molecular formula is C15H14FN3OS. The van der Waals surface area contributed by atoms with Gasteiger partial charge in [0, 0.05) is 18.3 Å². The number of hydrogen-bond donors (Lipinski definition) is 1. The van der Waals surface area contributed by atoms with E-state index in [4.69, 9.17) is 0 Å². The summed E-state index contributed by atoms with van der Waals surface area (Å²) in [6.07, 6.45) is 3.24. The van der Waals surface area contributed by atoms with Crippen LogP contribution in [-0.2, 0) is 4.79 Å². The van der Waals surface area contributed by atoms with Crippen LogP contribution in [0.1, 0.15) is 0 Å². The van der Waals surface area contributed by atoms with Gasteiger partial charge < -0.3 is 5.32 Å². The topological polar surface area (TPSA) is 54.9 Å². The van der Waals surface area contributed by atoms with E-state index in [0.717, 1.165) is 5.56 Å². The number of rotatable bonds is 6. The van der Waals surface area contributed by atoms with Gasteiger partial charge in [0.05, 0.1) is 11.4 Å². The number of amides is 1. The molecule has 0 saturated heterocycles. The molecular weight excluding hydrogens is 289 g/mol. The van der Waals surface area contributed by atoms with Crippen LogP contribution in [0.3, 0.4) is 0 Å². The zero-order valence-electron chi connectivity index (χ0n) is 11.3. The Kier molecular flexibility index (Phi) is 5.45. The summed E-state index contributed by atoms with van der Waals surface area (Å²) in [5.41, 5.74) is 1.50. The summed E-state index contributed by atoms with van der Waals surface area (Å²) in [6.45, 7) is 3.97. The molecule has 1 heterocycles. The molecule has 2 rings (SSSR count). The highest BCUT2D eigenvalue weighted by molar-refractivity contribution is 7.99. The summed E-state index contributed by atoms with van der Waals surface area (Å²) in [4.78, 5) is 20.0. The number of carbonyl (C=O) groups excluding carboxylic acids is 1. The van der Waals surface area contributed by atoms with E-state index >= 15 is 0 Å². The monoisotopic (exact) mass is 303 g/mol. The summed E-state index contributed by atoms with van der Waals surface area (Å²) in [5.74, 6) is -0.155. The van der Waals surface area contributed by atoms with Crippen LogP contribution >= 0.6 is 11.8 Å². The molecule has 2 aromatic rings. The fraction of sp³-hybridized carbons (Fsp3) is 0.133. The average Bonchev–Trinajstić information content (AvgIpc) is 2.52. The second kappa shape index (κ2) is 7.54. The van der Waals surface area contributed by atoms with Crippen LogP contribution in [-0.4, -0.2) is 28.2 Å². The van der Waals surface area contributed by atoms with Crippen molar-refractivity contribution < 1.29 is 9.18 Å². The van der Waals surface area contributed by atoms with Crippen molar-refractivity contribution >= 4 is 17.7 Å². The molecule has 21 heavy (non-hydrogen) atoms. The van der Waals surface area contributed by atoms with Gasteiger partial charge in [-0.05, 0) is 30.3 Å². The van der Waals surface area contributed by atoms with Gasteiger partial charge in [-0.1, -0.05) is 17.8 Å². The molecule has 0 atom stereocenters. The molecule has 108 valence electrons. The van der Waals surface area contributed by atoms with E-state index in [1.54, 1.807) is 30.5 Å². The Morgan fingerprint density at radius 2 is 2.10 bits per heavy atom. The van der Waals surface area contributed by atoms with Gasteiger partial charge in [0.1, 0.15) is 5.82 Å². The zero-order chi connectivity index (χ0) is 15.1. The number of nitrogens with zero attached hydrogens (tertiary/aromatic N) is 2. The van der Waals surface area contributed by atoms with E-state index in [9.17, 15) is 9.18 Å². The van der Waals surface area contributed by atoms with Crippen molar-refractivity contribution in [2.75, 3.05) is 12.3 Å². The molecule has 6 heteroatoms. The smallest absolute Gasteiger partial charge is 0.230 e. The predicted octanol–water partition coefficient (Wildman–Crippen LogP) is 2.68. The third kappa shape index (κ3) is 4.68. The third-order valence-corrected chi connectivity index (χ3v) is 3.41. The molecule has 0 radical (unpaired) electrons. The number of halogens is 1. The molecule has 0 aliphatic heterocycles. The second-order valence-corrected chi connectivity index (χ2v) is 5.06. The zero-order valence-corrected chi connectivity index (χ0v) is 12.1. The minimum Gasteiger partial charge on any atom is -0.352 e. The largest absolute Gasteiger partial charge is 0.352 e. The first-order valence-corrected chi connectivity index (χ1v) is 7.27. The number of hydrogen-bond acceptors (Lipinski definition) is 4. The quantitative estimate of drug-likeness (QED) is 0.506. The number of thioether (sulfide) groups is 1. The van der Waals surface area contributed by atoms with Gasteiger partial charge in [-0.25, -0.2) is 14.4 Å². The SMILES string of the molecule is C=CCNC(=O)CSc1nccc(-c2ccc(F)cc2)n1. The molecule has 1 aromatic heterocycles. The third-order valence-electron chi connectivity index (χ3n) is 2.55. The first-order chi connectivity index (χ1) is 10.2. The number of aromatic nitrogens is 2. The van der Waals surface area contributed by atoms with Crippen molar-refractivity contribution in [1.29, 1.82) is 0 Å². The Morgan fingerprint density at radius 3 is 2.81 bits per heavy atom. The molecule has 0 unspecified atom stereocenters. The lowest BCUT2D eigenvalue weighted by Crippen LogP contribution is -2.25. The van der Waals surface area contributed by atoms with Gasteiger partial charge in [-0.2, -0.15) is 0 Å². The Morgan fingerprint density at radius 1 is 1.33 bits per heavy atom. The first kappa shape index (κ1) is 15.2. The van der Waals surface area contributed by atoms with Gasteiger partial charge in [-0.15, -0.1) is 6.58 Å². The minimum atomic E-state index is -0.290. The molecule has 0 bridgehead atoms. The van der Waals surface area contributed by atoms with Gasteiger partial charge in [0.25, 0.3) is 0 Å². The van der Waals surface area contributed by atoms with Crippen molar-refractivity contribution in [2.24, 2.45) is 0 Å². The maximum atomic E-state index is 12.9. The minimum absolute atomic E-state index is 0.101. The average molecular weight is 303 g/mol. The van der Waals surface area contributed by atoms with Crippen LogP contribution in [0.5, 0.6) is 0 Å². The van der Waals surface area contributed by atoms with Gasteiger partial charge in [0.2, 0.25) is 5.91 Å². The van der Waals surface area contributed by atoms with Crippen molar-refractivity contribution in [3.8, 4) is 11.3 Å². The Labute approximate surface area is 126 Å². The normalized spacial score (nSPS) is 10.1. The molecule has 0 fully saturated rings. The molecule has 0 saturated carbocycles. The second-order valence-electron chi connectivity index (χ2n) is 4.11. The van der Waals surface area contributed by atoms with Crippen molar-refractivity contribution in [1.82, 2.24) is 15.3 Å². The van der Waals surface area contributed by atoms with Crippen LogP contribution in [0.25, 0.3) is 11.3 Å². The molecule has 4 nitrogen and oxygen atoms in total. The van der Waals surface area contributed by atoms with Crippen molar-refractivity contribution in [3.63, 3.8) is 0 Å². The highest BCUT2D eigenvalue weighted by atomic mass is 32.2. The van der Waals surface area contributed by atoms with E-state index in [0.29, 0.717) is 17.4 Å². The Balaban J connectivity index is 2.02. The van der Waals surface area contributed by atoms with E-state index in [1.165, 1.54) is 23.9 Å². The lowest BCUT2D eigenvalue weighted by Gasteiger charge is -2.04. The van der Waals surface area contributed by atoms with E-state index in [2.05, 4.69) is 21.9 Å². The number of carbonyl (C=O) groups is 1. The van der Waals surface area contributed by atoms with Gasteiger partial charge >= 0.3 is 0 Å². The summed E-state index contributed by atoms with van der Waals surface area (Å²) < 4.78 is 12.9. The maximum absolute atomic E-state index is 12.9. The molecule has 1 N–H and O–H groups in total. The highest BCUT2D eigenvalue weighted by Gasteiger charge is 2.06. The number of nitrogens with one attached hydrogen (secondary N) is 1. The fourth-order valence-electron chi connectivity index (χ4n) is 1.56. The van der Waals surface area contributed by atoms with Crippen LogP contribution < -0.4 is 5.32 Å². The molecule has 1 aromatic carbocycles. The summed E-state index contributed by atoms with van der Waals surface area (Å²) in [7, 11) is 0. The lowest BCUT2D eigenvalue weighted by atomic mass is 10.1. The van der Waals surface area contributed by atoms with Crippen molar-refractivity contribution in [3.05, 3.63) is 55.0 Å². The van der Waals surface area contributed by atoms with Crippen LogP contribution in [0.4, 0.5) is 4.39 Å². The standard InChI is InChI=1S/C15H14FN3OS/c1-2-8-17-14(20)10-21-15-18-9-7-13(19-15)11-3-5-12(16)6-4-11/h2-7,9H,1,8,10H2,(H,17,20). The fourth-order valence-corrected chi connectivity index (χ4v) is 2.22. The van der Waals surface area contributed by atoms with Gasteiger partial charge in [0.15, 0.2) is 5.16 Å². The van der Waals surface area contributed by atoms with E-state index in [-0.39, 0.29) is 17.5 Å². The first-order valence-electron chi connectivity index (χ1n) is 6.28. The highest BCUT2D eigenvalue weighted by Crippen LogP contribution is 2.20. The molecule has 0 aliphatic carbocycles. The molecule has 0 aliphatic rings. The molecule has 1 amide bonds. The summed E-state index contributed by atoms with van der Waals surface area (Å²) in [5, 5.41) is 3.19. The van der Waals surface area contributed by atoms with Crippen LogP contribution in [0.2, 0.25) is 0 Å². The van der Waals surface area contributed by atoms with Crippen LogP contribution in [0, 0.1) is 5.82 Å². The van der Waals surface area contributed by atoms with E-state index < -0.39 is 0 Å². The summed E-state index contributed by atoms with van der Waals surface area (Å²) in [6, 6.07) is 7.82. The van der Waals surface area contributed by atoms with Crippen LogP contribution in [0.15, 0.2) is 54.3 Å².